The second-order valence-electron chi connectivity index (χ2n) is 11.9. The summed E-state index contributed by atoms with van der Waals surface area (Å²) in [5.41, 5.74) is 8.86. The largest absolute Gasteiger partial charge is 0.456 e. The van der Waals surface area contributed by atoms with Crippen LogP contribution in [-0.4, -0.2) is 15.0 Å². The van der Waals surface area contributed by atoms with Gasteiger partial charge in [0.25, 0.3) is 0 Å². The molecule has 5 nitrogen and oxygen atoms in total. The van der Waals surface area contributed by atoms with Crippen molar-refractivity contribution in [2.75, 3.05) is 0 Å². The molecule has 0 N–H and O–H groups in total. The molecule has 0 radical (unpaired) electrons. The van der Waals surface area contributed by atoms with Gasteiger partial charge in [-0.1, -0.05) is 133 Å². The summed E-state index contributed by atoms with van der Waals surface area (Å²) in [6.07, 6.45) is 0. The molecule has 0 unspecified atom stereocenters. The summed E-state index contributed by atoms with van der Waals surface area (Å²) < 4.78 is 6.43. The van der Waals surface area contributed by atoms with Crippen LogP contribution in [0.1, 0.15) is 0 Å². The van der Waals surface area contributed by atoms with Crippen LogP contribution in [0.3, 0.4) is 0 Å². The zero-order chi connectivity index (χ0) is 32.7. The van der Waals surface area contributed by atoms with Crippen LogP contribution in [0.25, 0.3) is 94.0 Å². The lowest BCUT2D eigenvalue weighted by Gasteiger charge is -2.12. The van der Waals surface area contributed by atoms with Gasteiger partial charge in [-0.3, -0.25) is 0 Å². The van der Waals surface area contributed by atoms with Crippen LogP contribution in [0, 0.1) is 6.57 Å². The van der Waals surface area contributed by atoms with Crippen LogP contribution in [-0.2, 0) is 0 Å². The SMILES string of the molecule is [C-]#[N+]c1ccc2ccccc2c1-c1cccc(-c2nc(-c3ccccc3)nc(-c3ccc4c(c3)oc3cccc(-c5ccccc5)c34)n2)c1. The van der Waals surface area contributed by atoms with E-state index < -0.39 is 0 Å². The smallest absolute Gasteiger partial charge is 0.195 e. The highest BCUT2D eigenvalue weighted by atomic mass is 16.3. The van der Waals surface area contributed by atoms with Crippen LogP contribution in [0.5, 0.6) is 0 Å². The summed E-state index contributed by atoms with van der Waals surface area (Å²) in [6.45, 7) is 7.91. The van der Waals surface area contributed by atoms with E-state index in [1.165, 1.54) is 0 Å². The Bertz CT molecular complexity index is 2730. The molecule has 0 aliphatic rings. The molecule has 228 valence electrons. The van der Waals surface area contributed by atoms with Gasteiger partial charge in [0.1, 0.15) is 11.2 Å². The van der Waals surface area contributed by atoms with Crippen molar-refractivity contribution in [3.63, 3.8) is 0 Å². The first-order valence-corrected chi connectivity index (χ1v) is 16.1. The topological polar surface area (TPSA) is 56.2 Å². The predicted octanol–water partition coefficient (Wildman–Crippen LogP) is 11.8. The van der Waals surface area contributed by atoms with E-state index in [2.05, 4.69) is 65.5 Å². The van der Waals surface area contributed by atoms with E-state index in [9.17, 15) is 0 Å². The van der Waals surface area contributed by atoms with Crippen molar-refractivity contribution in [3.05, 3.63) is 169 Å². The van der Waals surface area contributed by atoms with Crippen LogP contribution < -0.4 is 0 Å². The van der Waals surface area contributed by atoms with Gasteiger partial charge in [0.05, 0.1) is 6.57 Å². The summed E-state index contributed by atoms with van der Waals surface area (Å²) in [5, 5.41) is 4.24. The van der Waals surface area contributed by atoms with Gasteiger partial charge in [-0.15, -0.1) is 0 Å². The van der Waals surface area contributed by atoms with Crippen LogP contribution in [0.4, 0.5) is 5.69 Å². The molecule has 2 aromatic heterocycles. The fourth-order valence-corrected chi connectivity index (χ4v) is 6.64. The quantitative estimate of drug-likeness (QED) is 0.178. The van der Waals surface area contributed by atoms with Gasteiger partial charge in [0, 0.05) is 27.5 Å². The Balaban J connectivity index is 1.21. The summed E-state index contributed by atoms with van der Waals surface area (Å²) in [6, 6.07) is 52.9. The molecule has 0 aliphatic carbocycles. The Labute approximate surface area is 282 Å². The summed E-state index contributed by atoms with van der Waals surface area (Å²) in [4.78, 5) is 18.9. The maximum absolute atomic E-state index is 7.91. The number of rotatable bonds is 5. The molecule has 2 heterocycles. The Morgan fingerprint density at radius 3 is 1.86 bits per heavy atom. The van der Waals surface area contributed by atoms with Crippen molar-refractivity contribution in [2.45, 2.75) is 0 Å². The van der Waals surface area contributed by atoms with Crippen LogP contribution in [0.2, 0.25) is 0 Å². The highest BCUT2D eigenvalue weighted by Crippen LogP contribution is 2.40. The van der Waals surface area contributed by atoms with Crippen molar-refractivity contribution in [1.82, 2.24) is 15.0 Å². The van der Waals surface area contributed by atoms with E-state index in [-0.39, 0.29) is 0 Å². The van der Waals surface area contributed by atoms with Crippen LogP contribution >= 0.6 is 0 Å². The van der Waals surface area contributed by atoms with E-state index in [1.807, 2.05) is 97.1 Å². The van der Waals surface area contributed by atoms with E-state index in [1.54, 1.807) is 0 Å². The van der Waals surface area contributed by atoms with Gasteiger partial charge >= 0.3 is 0 Å². The number of hydrogen-bond acceptors (Lipinski definition) is 4. The Morgan fingerprint density at radius 2 is 1.08 bits per heavy atom. The maximum Gasteiger partial charge on any atom is 0.195 e. The average Bonchev–Trinajstić information content (AvgIpc) is 3.56. The second-order valence-corrected chi connectivity index (χ2v) is 11.9. The molecule has 0 saturated carbocycles. The third-order valence-corrected chi connectivity index (χ3v) is 8.94. The van der Waals surface area contributed by atoms with Crippen molar-refractivity contribution in [3.8, 4) is 56.4 Å². The maximum atomic E-state index is 7.91. The van der Waals surface area contributed by atoms with Crippen molar-refractivity contribution in [2.24, 2.45) is 0 Å². The first kappa shape index (κ1) is 28.3. The first-order valence-electron chi connectivity index (χ1n) is 16.1. The molecule has 7 aromatic carbocycles. The van der Waals surface area contributed by atoms with E-state index in [0.717, 1.165) is 71.7 Å². The number of aromatic nitrogens is 3. The van der Waals surface area contributed by atoms with Crippen molar-refractivity contribution in [1.29, 1.82) is 0 Å². The minimum Gasteiger partial charge on any atom is -0.456 e. The lowest BCUT2D eigenvalue weighted by atomic mass is 9.95. The first-order chi connectivity index (χ1) is 24.2. The van der Waals surface area contributed by atoms with Crippen LogP contribution in [0.15, 0.2) is 162 Å². The normalized spacial score (nSPS) is 11.2. The third-order valence-electron chi connectivity index (χ3n) is 8.94. The molecule has 9 aromatic rings. The minimum absolute atomic E-state index is 0.548. The van der Waals surface area contributed by atoms with Crippen molar-refractivity contribution < 1.29 is 4.42 Å². The van der Waals surface area contributed by atoms with E-state index in [0.29, 0.717) is 23.2 Å². The lowest BCUT2D eigenvalue weighted by molar-refractivity contribution is 0.669. The molecule has 0 aliphatic heterocycles. The molecule has 0 bridgehead atoms. The molecule has 5 heteroatoms. The molecule has 49 heavy (non-hydrogen) atoms. The van der Waals surface area contributed by atoms with Gasteiger partial charge in [0.2, 0.25) is 0 Å². The molecule has 0 fully saturated rings. The monoisotopic (exact) mass is 626 g/mol. The molecule has 0 spiro atoms. The molecule has 0 amide bonds. The average molecular weight is 627 g/mol. The summed E-state index contributed by atoms with van der Waals surface area (Å²) in [5.74, 6) is 1.67. The fraction of sp³-hybridized carbons (Fsp3) is 0. The fourth-order valence-electron chi connectivity index (χ4n) is 6.64. The number of furan rings is 1. The highest BCUT2D eigenvalue weighted by Gasteiger charge is 2.18. The number of hydrogen-bond donors (Lipinski definition) is 0. The molecule has 9 rings (SSSR count). The molecule has 0 saturated heterocycles. The van der Waals surface area contributed by atoms with Crippen molar-refractivity contribution >= 4 is 38.4 Å². The van der Waals surface area contributed by atoms with Gasteiger partial charge < -0.3 is 4.42 Å². The lowest BCUT2D eigenvalue weighted by Crippen LogP contribution is -2.00. The van der Waals surface area contributed by atoms with Gasteiger partial charge in [-0.2, -0.15) is 0 Å². The standard InChI is InChI=1S/C44H26N4O/c1-45-37-25-23-29-14-8-9-19-34(29)40(37)31-17-10-18-32(26-31)43-46-42(30-15-6-3-7-16-30)47-44(48-43)33-22-24-36-39(27-33)49-38-21-11-20-35(41(36)38)28-12-4-2-5-13-28/h2-27H. The summed E-state index contributed by atoms with van der Waals surface area (Å²) in [7, 11) is 0. The van der Waals surface area contributed by atoms with Gasteiger partial charge in [-0.05, 0) is 57.3 Å². The zero-order valence-corrected chi connectivity index (χ0v) is 26.2. The highest BCUT2D eigenvalue weighted by molar-refractivity contribution is 6.13. The predicted molar refractivity (Wildman–Crippen MR) is 198 cm³/mol. The minimum atomic E-state index is 0.548. The molecule has 0 atom stereocenters. The Hall–Kier alpha value is -6.90. The number of fused-ring (bicyclic) bond motifs is 4. The Kier molecular flexibility index (Phi) is 6.78. The molecular weight excluding hydrogens is 601 g/mol. The summed E-state index contributed by atoms with van der Waals surface area (Å²) >= 11 is 0. The Morgan fingerprint density at radius 1 is 0.449 bits per heavy atom. The number of benzene rings is 7. The van der Waals surface area contributed by atoms with Gasteiger partial charge in [-0.25, -0.2) is 19.8 Å². The third kappa shape index (κ3) is 5.00. The molecular formula is C44H26N4O. The van der Waals surface area contributed by atoms with E-state index >= 15 is 0 Å². The number of nitrogens with zero attached hydrogens (tertiary/aromatic N) is 4. The van der Waals surface area contributed by atoms with E-state index in [4.69, 9.17) is 25.9 Å². The zero-order valence-electron chi connectivity index (χ0n) is 26.2. The van der Waals surface area contributed by atoms with Gasteiger partial charge in [0.15, 0.2) is 23.2 Å². The second kappa shape index (κ2) is 11.7.